The third kappa shape index (κ3) is 3.23. The summed E-state index contributed by atoms with van der Waals surface area (Å²) < 4.78 is 24.4. The maximum atomic E-state index is 14.3. The molecule has 0 radical (unpaired) electrons. The first kappa shape index (κ1) is 17.4. The molecule has 2 unspecified atom stereocenters. The Morgan fingerprint density at radius 1 is 1.00 bits per heavy atom. The number of benzene rings is 2. The van der Waals surface area contributed by atoms with E-state index in [1.807, 2.05) is 42.5 Å². The lowest BCUT2D eigenvalue weighted by Gasteiger charge is -2.34. The van der Waals surface area contributed by atoms with Crippen molar-refractivity contribution in [2.45, 2.75) is 17.9 Å². The van der Waals surface area contributed by atoms with Gasteiger partial charge in [-0.05, 0) is 34.9 Å². The van der Waals surface area contributed by atoms with Crippen LogP contribution in [0.5, 0.6) is 5.75 Å². The summed E-state index contributed by atoms with van der Waals surface area (Å²) in [6, 6.07) is 16.6. The molecule has 0 saturated carbocycles. The van der Waals surface area contributed by atoms with E-state index in [4.69, 9.17) is 9.47 Å². The molecule has 1 aliphatic rings. The topological polar surface area (TPSA) is 38.7 Å². The molecule has 25 heavy (non-hydrogen) atoms. The second-order valence-corrected chi connectivity index (χ2v) is 5.99. The lowest BCUT2D eigenvalue weighted by Crippen LogP contribution is -2.32. The Hall–Kier alpha value is -2.43. The van der Waals surface area contributed by atoms with Gasteiger partial charge in [0, 0.05) is 13.5 Å². The van der Waals surface area contributed by atoms with Crippen molar-refractivity contribution in [2.24, 2.45) is 0 Å². The number of hydrogen-bond donors (Lipinski definition) is 1. The van der Waals surface area contributed by atoms with Gasteiger partial charge in [0.2, 0.25) is 5.85 Å². The Kier molecular flexibility index (Phi) is 4.75. The molecule has 0 bridgehead atoms. The SMILES string of the molecule is COc1ccc(C(O)(C2=CCC(F)(OC)C=C2)c2ccccc2)cc1. The average molecular weight is 340 g/mol. The number of ether oxygens (including phenoxy) is 2. The van der Waals surface area contributed by atoms with Crippen LogP contribution in [0.15, 0.2) is 78.4 Å². The fraction of sp³-hybridized carbons (Fsp3) is 0.238. The van der Waals surface area contributed by atoms with Crippen LogP contribution in [0.4, 0.5) is 4.39 Å². The number of hydrogen-bond acceptors (Lipinski definition) is 3. The first-order valence-corrected chi connectivity index (χ1v) is 8.08. The van der Waals surface area contributed by atoms with Gasteiger partial charge in [-0.3, -0.25) is 0 Å². The van der Waals surface area contributed by atoms with E-state index in [0.29, 0.717) is 22.4 Å². The molecule has 2 aromatic rings. The van der Waals surface area contributed by atoms with Crippen LogP contribution in [-0.2, 0) is 10.3 Å². The fourth-order valence-electron chi connectivity index (χ4n) is 3.03. The van der Waals surface area contributed by atoms with E-state index in [2.05, 4.69) is 0 Å². The van der Waals surface area contributed by atoms with Gasteiger partial charge in [-0.2, -0.15) is 0 Å². The van der Waals surface area contributed by atoms with Crippen LogP contribution < -0.4 is 4.74 Å². The molecule has 1 aliphatic carbocycles. The number of methoxy groups -OCH3 is 2. The second-order valence-electron chi connectivity index (χ2n) is 5.99. The van der Waals surface area contributed by atoms with Crippen molar-refractivity contribution in [2.75, 3.05) is 14.2 Å². The molecule has 0 aliphatic heterocycles. The van der Waals surface area contributed by atoms with Crippen LogP contribution >= 0.6 is 0 Å². The van der Waals surface area contributed by atoms with Crippen LogP contribution in [-0.4, -0.2) is 25.2 Å². The largest absolute Gasteiger partial charge is 0.497 e. The van der Waals surface area contributed by atoms with Gasteiger partial charge in [0.15, 0.2) is 0 Å². The van der Waals surface area contributed by atoms with Crippen LogP contribution in [0.2, 0.25) is 0 Å². The van der Waals surface area contributed by atoms with Gasteiger partial charge in [-0.1, -0.05) is 54.6 Å². The summed E-state index contributed by atoms with van der Waals surface area (Å²) in [5.41, 5.74) is 0.604. The Morgan fingerprint density at radius 3 is 2.16 bits per heavy atom. The van der Waals surface area contributed by atoms with Crippen LogP contribution in [0.3, 0.4) is 0 Å². The summed E-state index contributed by atoms with van der Waals surface area (Å²) in [4.78, 5) is 0. The highest BCUT2D eigenvalue weighted by atomic mass is 19.2. The molecule has 0 amide bonds. The lowest BCUT2D eigenvalue weighted by atomic mass is 9.78. The summed E-state index contributed by atoms with van der Waals surface area (Å²) in [5, 5.41) is 11.7. The number of alkyl halides is 1. The summed E-state index contributed by atoms with van der Waals surface area (Å²) in [6.07, 6.45) is 4.66. The standard InChI is InChI=1S/C21H21FO3/c1-24-19-10-8-17(9-11-19)21(23,16-6-4-3-5-7-16)18-12-14-20(22,25-2)15-13-18/h3-14,23H,15H2,1-2H3. The molecular formula is C21H21FO3. The highest BCUT2D eigenvalue weighted by Gasteiger charge is 2.38. The second kappa shape index (κ2) is 6.82. The number of rotatable bonds is 5. The van der Waals surface area contributed by atoms with Crippen LogP contribution in [0, 0.1) is 0 Å². The zero-order valence-electron chi connectivity index (χ0n) is 14.3. The Bertz CT molecular complexity index is 783. The predicted octanol–water partition coefficient (Wildman–Crippen LogP) is 4.13. The van der Waals surface area contributed by atoms with E-state index >= 15 is 0 Å². The molecule has 0 saturated heterocycles. The third-order valence-corrected chi connectivity index (χ3v) is 4.57. The van der Waals surface area contributed by atoms with E-state index < -0.39 is 11.5 Å². The highest BCUT2D eigenvalue weighted by Crippen LogP contribution is 2.41. The lowest BCUT2D eigenvalue weighted by molar-refractivity contribution is -0.0775. The first-order valence-electron chi connectivity index (χ1n) is 8.08. The molecule has 0 aromatic heterocycles. The molecule has 2 aromatic carbocycles. The Balaban J connectivity index is 2.09. The van der Waals surface area contributed by atoms with E-state index in [0.717, 1.165) is 0 Å². The molecule has 4 heteroatoms. The molecule has 0 spiro atoms. The van der Waals surface area contributed by atoms with Crippen molar-refractivity contribution in [3.05, 3.63) is 89.5 Å². The third-order valence-electron chi connectivity index (χ3n) is 4.57. The van der Waals surface area contributed by atoms with Crippen molar-refractivity contribution in [3.8, 4) is 5.75 Å². The van der Waals surface area contributed by atoms with Crippen LogP contribution in [0.1, 0.15) is 17.5 Å². The first-order chi connectivity index (χ1) is 12.0. The minimum atomic E-state index is -1.83. The molecule has 2 atom stereocenters. The average Bonchev–Trinajstić information content (AvgIpc) is 2.68. The van der Waals surface area contributed by atoms with Crippen LogP contribution in [0.25, 0.3) is 0 Å². The van der Waals surface area contributed by atoms with Crippen molar-refractivity contribution in [3.63, 3.8) is 0 Å². The van der Waals surface area contributed by atoms with E-state index in [1.54, 1.807) is 31.4 Å². The molecule has 1 N–H and O–H groups in total. The molecule has 3 rings (SSSR count). The smallest absolute Gasteiger partial charge is 0.231 e. The normalized spacial score (nSPS) is 22.2. The maximum absolute atomic E-state index is 14.3. The minimum Gasteiger partial charge on any atom is -0.497 e. The summed E-state index contributed by atoms with van der Waals surface area (Å²) >= 11 is 0. The monoisotopic (exact) mass is 340 g/mol. The summed E-state index contributed by atoms with van der Waals surface area (Å²) in [7, 11) is 2.92. The van der Waals surface area contributed by atoms with Gasteiger partial charge in [-0.15, -0.1) is 0 Å². The van der Waals surface area contributed by atoms with Gasteiger partial charge < -0.3 is 14.6 Å². The van der Waals surface area contributed by atoms with Gasteiger partial charge in [0.25, 0.3) is 0 Å². The van der Waals surface area contributed by atoms with E-state index in [-0.39, 0.29) is 6.42 Å². The number of aliphatic hydroxyl groups is 1. The van der Waals surface area contributed by atoms with Crippen molar-refractivity contribution in [1.82, 2.24) is 0 Å². The van der Waals surface area contributed by atoms with Gasteiger partial charge >= 0.3 is 0 Å². The zero-order valence-corrected chi connectivity index (χ0v) is 14.3. The summed E-state index contributed by atoms with van der Waals surface area (Å²) in [6.45, 7) is 0. The van der Waals surface area contributed by atoms with Gasteiger partial charge in [0.05, 0.1) is 7.11 Å². The quantitative estimate of drug-likeness (QED) is 0.889. The van der Waals surface area contributed by atoms with Gasteiger partial charge in [-0.25, -0.2) is 4.39 Å². The number of halogens is 1. The molecule has 0 heterocycles. The highest BCUT2D eigenvalue weighted by molar-refractivity contribution is 5.51. The van der Waals surface area contributed by atoms with E-state index in [9.17, 15) is 9.50 Å². The molecular weight excluding hydrogens is 319 g/mol. The molecule has 0 fully saturated rings. The van der Waals surface area contributed by atoms with Crippen molar-refractivity contribution < 1.29 is 19.0 Å². The summed E-state index contributed by atoms with van der Waals surface area (Å²) in [5.74, 6) is -1.13. The van der Waals surface area contributed by atoms with Gasteiger partial charge in [0.1, 0.15) is 11.4 Å². The Morgan fingerprint density at radius 2 is 1.64 bits per heavy atom. The maximum Gasteiger partial charge on any atom is 0.231 e. The Labute approximate surface area is 147 Å². The predicted molar refractivity (Wildman–Crippen MR) is 95.1 cm³/mol. The molecule has 130 valence electrons. The minimum absolute atomic E-state index is 0.0423. The molecule has 3 nitrogen and oxygen atoms in total. The van der Waals surface area contributed by atoms with E-state index in [1.165, 1.54) is 13.2 Å². The zero-order chi connectivity index (χ0) is 17.9. The fourth-order valence-corrected chi connectivity index (χ4v) is 3.03. The van der Waals surface area contributed by atoms with Crippen molar-refractivity contribution >= 4 is 0 Å². The van der Waals surface area contributed by atoms with Crippen molar-refractivity contribution in [1.29, 1.82) is 0 Å².